The van der Waals surface area contributed by atoms with Crippen molar-refractivity contribution in [3.63, 3.8) is 0 Å². The molecule has 100 valence electrons. The summed E-state index contributed by atoms with van der Waals surface area (Å²) in [5.74, 6) is 2.59. The van der Waals surface area contributed by atoms with Gasteiger partial charge in [0.25, 0.3) is 0 Å². The van der Waals surface area contributed by atoms with E-state index in [4.69, 9.17) is 10.5 Å². The van der Waals surface area contributed by atoms with Crippen molar-refractivity contribution in [1.29, 1.82) is 0 Å². The van der Waals surface area contributed by atoms with E-state index < -0.39 is 5.60 Å². The second-order valence-electron chi connectivity index (χ2n) is 5.44. The van der Waals surface area contributed by atoms with Crippen LogP contribution in [0.2, 0.25) is 0 Å². The second kappa shape index (κ2) is 6.50. The number of carbonyl (C=O) groups is 1. The molecule has 0 bridgehead atoms. The molecule has 3 N–H and O–H groups in total. The van der Waals surface area contributed by atoms with Gasteiger partial charge in [-0.1, -0.05) is 0 Å². The van der Waals surface area contributed by atoms with Crippen LogP contribution in [0.15, 0.2) is 0 Å². The first-order chi connectivity index (χ1) is 7.92. The van der Waals surface area contributed by atoms with E-state index in [-0.39, 0.29) is 12.1 Å². The quantitative estimate of drug-likeness (QED) is 0.797. The highest BCUT2D eigenvalue weighted by Gasteiger charge is 2.26. The molecular formula is C12H24N2O2S. The zero-order valence-electron chi connectivity index (χ0n) is 11.0. The van der Waals surface area contributed by atoms with Crippen LogP contribution in [-0.2, 0) is 4.74 Å². The second-order valence-corrected chi connectivity index (χ2v) is 6.66. The standard InChI is InChI=1S/C12H24N2O2S/c1-12(2,3)16-11(15)14-10-5-7-17-6-4-9(10)8-13/h9-10H,4-8,13H2,1-3H3,(H,14,15)/t9-,10+/m0/s1. The van der Waals surface area contributed by atoms with Crippen molar-refractivity contribution in [3.05, 3.63) is 0 Å². The number of rotatable bonds is 2. The maximum absolute atomic E-state index is 11.7. The number of hydrogen-bond acceptors (Lipinski definition) is 4. The topological polar surface area (TPSA) is 64.3 Å². The summed E-state index contributed by atoms with van der Waals surface area (Å²) in [5.41, 5.74) is 5.32. The Morgan fingerprint density at radius 3 is 2.65 bits per heavy atom. The third kappa shape index (κ3) is 5.64. The minimum absolute atomic E-state index is 0.157. The van der Waals surface area contributed by atoms with Crippen LogP contribution in [-0.4, -0.2) is 35.8 Å². The highest BCUT2D eigenvalue weighted by Crippen LogP contribution is 2.22. The van der Waals surface area contributed by atoms with Crippen LogP contribution in [0, 0.1) is 5.92 Å². The Bertz CT molecular complexity index is 253. The summed E-state index contributed by atoms with van der Waals surface area (Å²) in [7, 11) is 0. The number of nitrogens with two attached hydrogens (primary N) is 1. The van der Waals surface area contributed by atoms with Crippen LogP contribution in [0.4, 0.5) is 4.79 Å². The third-order valence-corrected chi connectivity index (χ3v) is 3.83. The summed E-state index contributed by atoms with van der Waals surface area (Å²) in [5, 5.41) is 2.96. The molecule has 0 aliphatic carbocycles. The fourth-order valence-electron chi connectivity index (χ4n) is 1.92. The first kappa shape index (κ1) is 14.6. The van der Waals surface area contributed by atoms with E-state index in [0.29, 0.717) is 12.5 Å². The molecule has 0 aromatic rings. The average Bonchev–Trinajstić information content (AvgIpc) is 2.39. The van der Waals surface area contributed by atoms with Gasteiger partial charge in [0.1, 0.15) is 5.60 Å². The van der Waals surface area contributed by atoms with Crippen molar-refractivity contribution in [2.75, 3.05) is 18.1 Å². The predicted octanol–water partition coefficient (Wildman–Crippen LogP) is 1.98. The highest BCUT2D eigenvalue weighted by molar-refractivity contribution is 7.99. The molecule has 1 amide bonds. The minimum atomic E-state index is -0.443. The van der Waals surface area contributed by atoms with E-state index in [1.165, 1.54) is 0 Å². The van der Waals surface area contributed by atoms with E-state index in [9.17, 15) is 4.79 Å². The molecule has 5 heteroatoms. The zero-order valence-corrected chi connectivity index (χ0v) is 11.8. The van der Waals surface area contributed by atoms with Crippen molar-refractivity contribution in [2.24, 2.45) is 11.7 Å². The Morgan fingerprint density at radius 2 is 2.06 bits per heavy atom. The van der Waals surface area contributed by atoms with E-state index in [1.807, 2.05) is 32.5 Å². The molecule has 1 saturated heterocycles. The lowest BCUT2D eigenvalue weighted by atomic mass is 9.95. The van der Waals surface area contributed by atoms with Gasteiger partial charge in [-0.15, -0.1) is 0 Å². The Balaban J connectivity index is 2.49. The number of amides is 1. The van der Waals surface area contributed by atoms with Crippen LogP contribution in [0.25, 0.3) is 0 Å². The lowest BCUT2D eigenvalue weighted by Gasteiger charge is -2.27. The van der Waals surface area contributed by atoms with Gasteiger partial charge < -0.3 is 15.8 Å². The summed E-state index contributed by atoms with van der Waals surface area (Å²) in [6.07, 6.45) is 1.72. The van der Waals surface area contributed by atoms with Crippen molar-refractivity contribution in [2.45, 2.75) is 45.3 Å². The van der Waals surface area contributed by atoms with Gasteiger partial charge in [0.05, 0.1) is 0 Å². The third-order valence-electron chi connectivity index (χ3n) is 2.78. The number of hydrogen-bond donors (Lipinski definition) is 2. The smallest absolute Gasteiger partial charge is 0.407 e. The van der Waals surface area contributed by atoms with Crippen LogP contribution in [0.3, 0.4) is 0 Å². The van der Waals surface area contributed by atoms with Crippen molar-refractivity contribution < 1.29 is 9.53 Å². The molecular weight excluding hydrogens is 236 g/mol. The first-order valence-corrected chi connectivity index (χ1v) is 7.35. The summed E-state index contributed by atoms with van der Waals surface area (Å²) in [6.45, 7) is 6.24. The molecule has 0 radical (unpaired) electrons. The largest absolute Gasteiger partial charge is 0.444 e. The Morgan fingerprint density at radius 1 is 1.41 bits per heavy atom. The van der Waals surface area contributed by atoms with Crippen molar-refractivity contribution in [1.82, 2.24) is 5.32 Å². The van der Waals surface area contributed by atoms with Gasteiger partial charge in [-0.2, -0.15) is 11.8 Å². The maximum atomic E-state index is 11.7. The molecule has 4 nitrogen and oxygen atoms in total. The predicted molar refractivity (Wildman–Crippen MR) is 72.3 cm³/mol. The summed E-state index contributed by atoms with van der Waals surface area (Å²) >= 11 is 1.93. The molecule has 0 spiro atoms. The van der Waals surface area contributed by atoms with E-state index in [1.54, 1.807) is 0 Å². The van der Waals surface area contributed by atoms with Crippen molar-refractivity contribution in [3.8, 4) is 0 Å². The maximum Gasteiger partial charge on any atom is 0.407 e. The first-order valence-electron chi connectivity index (χ1n) is 6.19. The van der Waals surface area contributed by atoms with Gasteiger partial charge in [-0.05, 0) is 57.6 Å². The fourth-order valence-corrected chi connectivity index (χ4v) is 3.01. The van der Waals surface area contributed by atoms with Crippen LogP contribution >= 0.6 is 11.8 Å². The fraction of sp³-hybridized carbons (Fsp3) is 0.917. The Kier molecular flexibility index (Phi) is 5.59. The summed E-state index contributed by atoms with van der Waals surface area (Å²) < 4.78 is 5.28. The van der Waals surface area contributed by atoms with Gasteiger partial charge in [-0.3, -0.25) is 0 Å². The number of nitrogens with one attached hydrogen (secondary N) is 1. The molecule has 1 fully saturated rings. The van der Waals surface area contributed by atoms with E-state index in [0.717, 1.165) is 24.3 Å². The van der Waals surface area contributed by atoms with Gasteiger partial charge in [0, 0.05) is 6.04 Å². The molecule has 17 heavy (non-hydrogen) atoms. The number of carbonyl (C=O) groups excluding carboxylic acids is 1. The lowest BCUT2D eigenvalue weighted by molar-refractivity contribution is 0.0485. The van der Waals surface area contributed by atoms with Crippen LogP contribution < -0.4 is 11.1 Å². The van der Waals surface area contributed by atoms with Crippen LogP contribution in [0.1, 0.15) is 33.6 Å². The van der Waals surface area contributed by atoms with Crippen molar-refractivity contribution >= 4 is 17.9 Å². The monoisotopic (exact) mass is 260 g/mol. The van der Waals surface area contributed by atoms with E-state index >= 15 is 0 Å². The van der Waals surface area contributed by atoms with Gasteiger partial charge >= 0.3 is 6.09 Å². The molecule has 0 saturated carbocycles. The minimum Gasteiger partial charge on any atom is -0.444 e. The Labute approximate surface area is 108 Å². The molecule has 0 aromatic carbocycles. The molecule has 2 atom stereocenters. The molecule has 1 aliphatic heterocycles. The highest BCUT2D eigenvalue weighted by atomic mass is 32.2. The molecule has 0 unspecified atom stereocenters. The Hall–Kier alpha value is -0.420. The van der Waals surface area contributed by atoms with Crippen LogP contribution in [0.5, 0.6) is 0 Å². The van der Waals surface area contributed by atoms with Gasteiger partial charge in [0.2, 0.25) is 0 Å². The molecule has 0 aromatic heterocycles. The lowest BCUT2D eigenvalue weighted by Crippen LogP contribution is -2.45. The van der Waals surface area contributed by atoms with Gasteiger partial charge in [-0.25, -0.2) is 4.79 Å². The number of alkyl carbamates (subject to hydrolysis) is 1. The van der Waals surface area contributed by atoms with Gasteiger partial charge in [0.15, 0.2) is 0 Å². The average molecular weight is 260 g/mol. The van der Waals surface area contributed by atoms with E-state index in [2.05, 4.69) is 5.32 Å². The number of thioether (sulfide) groups is 1. The summed E-state index contributed by atoms with van der Waals surface area (Å²) in [4.78, 5) is 11.7. The molecule has 1 rings (SSSR count). The normalized spacial score (nSPS) is 26.1. The molecule has 1 heterocycles. The molecule has 1 aliphatic rings. The number of ether oxygens (including phenoxy) is 1. The SMILES string of the molecule is CC(C)(C)OC(=O)N[C@@H]1CCSCC[C@H]1CN. The summed E-state index contributed by atoms with van der Waals surface area (Å²) in [6, 6.07) is 0.157. The zero-order chi connectivity index (χ0) is 12.9.